The van der Waals surface area contributed by atoms with Gasteiger partial charge in [0.15, 0.2) is 0 Å². The molecule has 1 aromatic carbocycles. The van der Waals surface area contributed by atoms with E-state index in [1.165, 1.54) is 25.7 Å². The summed E-state index contributed by atoms with van der Waals surface area (Å²) >= 11 is 0. The maximum absolute atomic E-state index is 10.1. The van der Waals surface area contributed by atoms with E-state index in [9.17, 15) is 5.11 Å². The zero-order valence-corrected chi connectivity index (χ0v) is 13.5. The van der Waals surface area contributed by atoms with Crippen LogP contribution >= 0.6 is 0 Å². The number of nitrogens with one attached hydrogen (secondary N) is 2. The van der Waals surface area contributed by atoms with Crippen molar-refractivity contribution in [2.45, 2.75) is 44.6 Å². The Morgan fingerprint density at radius 1 is 1.17 bits per heavy atom. The fourth-order valence-corrected chi connectivity index (χ4v) is 3.34. The number of hydrogen-bond acceptors (Lipinski definition) is 5. The standard InChI is InChI=1S/C18H21N5O/c24-17-16(10-12-7-8-15-13(9-12)11-19-23-15)21-18(22-17)20-14-5-3-1-2-4-6-14/h7-11,14,24H,1-6H2,(H2,20,21,22)/b12-10+. The average Bonchev–Trinajstić information content (AvgIpc) is 3.07. The van der Waals surface area contributed by atoms with Crippen molar-refractivity contribution in [3.8, 4) is 5.88 Å². The molecule has 4 rings (SSSR count). The van der Waals surface area contributed by atoms with E-state index < -0.39 is 0 Å². The molecule has 2 heterocycles. The Morgan fingerprint density at radius 3 is 2.83 bits per heavy atom. The highest BCUT2D eigenvalue weighted by Crippen LogP contribution is 2.22. The quantitative estimate of drug-likeness (QED) is 0.756. The third-order valence-electron chi connectivity index (χ3n) is 4.63. The highest BCUT2D eigenvalue weighted by molar-refractivity contribution is 5.80. The Balaban J connectivity index is 1.56. The number of hydrogen-bond donors (Lipinski definition) is 3. The minimum Gasteiger partial charge on any atom is -0.492 e. The molecule has 1 saturated carbocycles. The minimum atomic E-state index is 0.0185. The molecule has 1 aromatic heterocycles. The van der Waals surface area contributed by atoms with Gasteiger partial charge in [0.2, 0.25) is 11.8 Å². The smallest absolute Gasteiger partial charge is 0.238 e. The lowest BCUT2D eigenvalue weighted by Gasteiger charge is -2.14. The minimum absolute atomic E-state index is 0.0185. The van der Waals surface area contributed by atoms with Crippen LogP contribution in [-0.2, 0) is 0 Å². The Hall–Kier alpha value is -2.63. The summed E-state index contributed by atoms with van der Waals surface area (Å²) in [5.74, 6) is 0.661. The zero-order chi connectivity index (χ0) is 16.4. The van der Waals surface area contributed by atoms with E-state index in [0.717, 1.165) is 29.0 Å². The number of anilines is 1. The third-order valence-corrected chi connectivity index (χ3v) is 4.63. The maximum Gasteiger partial charge on any atom is 0.238 e. The lowest BCUT2D eigenvalue weighted by molar-refractivity contribution is 0.455. The molecule has 0 saturated heterocycles. The van der Waals surface area contributed by atoms with Gasteiger partial charge in [0.05, 0.1) is 11.6 Å². The molecule has 2 aromatic rings. The predicted octanol–water partition coefficient (Wildman–Crippen LogP) is 2.05. The van der Waals surface area contributed by atoms with Crippen molar-refractivity contribution >= 4 is 18.2 Å². The summed E-state index contributed by atoms with van der Waals surface area (Å²) in [7, 11) is 0. The van der Waals surface area contributed by atoms with Crippen molar-refractivity contribution in [2.75, 3.05) is 5.32 Å². The van der Waals surface area contributed by atoms with Crippen LogP contribution < -0.4 is 15.9 Å². The monoisotopic (exact) mass is 323 g/mol. The second kappa shape index (κ2) is 6.47. The topological polar surface area (TPSA) is 85.7 Å². The first-order chi connectivity index (χ1) is 11.8. The number of fused-ring (bicyclic) bond motifs is 1. The SMILES string of the molecule is Oc1nc(NC2CCCCCC2)[nH]c1/C=c1\ccc2c(c1)C=NN=2. The van der Waals surface area contributed by atoms with Crippen molar-refractivity contribution in [2.24, 2.45) is 10.2 Å². The van der Waals surface area contributed by atoms with Gasteiger partial charge < -0.3 is 15.4 Å². The van der Waals surface area contributed by atoms with Crippen LogP contribution in [0.4, 0.5) is 5.95 Å². The molecule has 24 heavy (non-hydrogen) atoms. The van der Waals surface area contributed by atoms with E-state index in [-0.39, 0.29) is 5.88 Å². The summed E-state index contributed by atoms with van der Waals surface area (Å²) in [6.45, 7) is 0. The van der Waals surface area contributed by atoms with Crippen LogP contribution in [0.25, 0.3) is 6.08 Å². The van der Waals surface area contributed by atoms with Gasteiger partial charge in [-0.1, -0.05) is 31.7 Å². The second-order valence-corrected chi connectivity index (χ2v) is 6.46. The largest absolute Gasteiger partial charge is 0.492 e. The van der Waals surface area contributed by atoms with Gasteiger partial charge in [0.1, 0.15) is 5.69 Å². The summed E-state index contributed by atoms with van der Waals surface area (Å²) in [4.78, 5) is 7.40. The summed E-state index contributed by atoms with van der Waals surface area (Å²) in [6.07, 6.45) is 11.1. The van der Waals surface area contributed by atoms with E-state index in [4.69, 9.17) is 0 Å². The van der Waals surface area contributed by atoms with Gasteiger partial charge >= 0.3 is 0 Å². The first kappa shape index (κ1) is 14.9. The molecule has 0 amide bonds. The molecule has 1 aliphatic carbocycles. The lowest BCUT2D eigenvalue weighted by atomic mass is 10.1. The fraction of sp³-hybridized carbons (Fsp3) is 0.389. The van der Waals surface area contributed by atoms with Crippen molar-refractivity contribution in [1.29, 1.82) is 0 Å². The Labute approximate surface area is 140 Å². The molecule has 1 aliphatic heterocycles. The molecule has 124 valence electrons. The van der Waals surface area contributed by atoms with Crippen LogP contribution in [0.3, 0.4) is 0 Å². The highest BCUT2D eigenvalue weighted by Gasteiger charge is 2.14. The molecule has 6 heteroatoms. The van der Waals surface area contributed by atoms with E-state index in [1.54, 1.807) is 6.21 Å². The number of imidazole rings is 1. The number of H-pyrrole nitrogens is 1. The molecule has 0 atom stereocenters. The van der Waals surface area contributed by atoms with Crippen LogP contribution in [0.5, 0.6) is 5.88 Å². The third kappa shape index (κ3) is 3.18. The van der Waals surface area contributed by atoms with Crippen LogP contribution in [0, 0.1) is 0 Å². The number of aromatic amines is 1. The Bertz CT molecular complexity index is 875. The lowest BCUT2D eigenvalue weighted by Crippen LogP contribution is -2.19. The molecular weight excluding hydrogens is 302 g/mol. The molecule has 6 nitrogen and oxygen atoms in total. The van der Waals surface area contributed by atoms with E-state index in [0.29, 0.717) is 17.7 Å². The van der Waals surface area contributed by atoms with Gasteiger partial charge in [-0.3, -0.25) is 0 Å². The molecular formula is C18H21N5O. The molecule has 0 unspecified atom stereocenters. The molecule has 3 N–H and O–H groups in total. The van der Waals surface area contributed by atoms with E-state index in [2.05, 4.69) is 25.5 Å². The number of aromatic nitrogens is 2. The average molecular weight is 323 g/mol. The highest BCUT2D eigenvalue weighted by atomic mass is 16.3. The molecule has 0 spiro atoms. The number of nitrogens with zero attached hydrogens (tertiary/aromatic N) is 3. The van der Waals surface area contributed by atoms with Crippen molar-refractivity contribution in [3.05, 3.63) is 40.0 Å². The zero-order valence-electron chi connectivity index (χ0n) is 13.5. The van der Waals surface area contributed by atoms with Gasteiger partial charge in [-0.2, -0.15) is 15.2 Å². The molecule has 0 bridgehead atoms. The normalized spacial score (nSPS) is 18.2. The first-order valence-electron chi connectivity index (χ1n) is 8.56. The second-order valence-electron chi connectivity index (χ2n) is 6.46. The Morgan fingerprint density at radius 2 is 2.00 bits per heavy atom. The van der Waals surface area contributed by atoms with Crippen LogP contribution in [0.1, 0.15) is 49.8 Å². The van der Waals surface area contributed by atoms with Gasteiger partial charge in [-0.05, 0) is 36.3 Å². The van der Waals surface area contributed by atoms with E-state index >= 15 is 0 Å². The molecule has 1 fully saturated rings. The fourth-order valence-electron chi connectivity index (χ4n) is 3.34. The maximum atomic E-state index is 10.1. The van der Waals surface area contributed by atoms with Crippen molar-refractivity contribution < 1.29 is 5.11 Å². The molecule has 0 radical (unpaired) electrons. The summed E-state index contributed by atoms with van der Waals surface area (Å²) in [5.41, 5.74) is 1.59. The van der Waals surface area contributed by atoms with Gasteiger partial charge in [-0.25, -0.2) is 0 Å². The Kier molecular flexibility index (Phi) is 4.02. The van der Waals surface area contributed by atoms with Crippen LogP contribution in [-0.4, -0.2) is 27.3 Å². The molecule has 2 aliphatic rings. The van der Waals surface area contributed by atoms with E-state index in [1.807, 2.05) is 24.3 Å². The summed E-state index contributed by atoms with van der Waals surface area (Å²) in [5, 5.41) is 23.3. The summed E-state index contributed by atoms with van der Waals surface area (Å²) < 4.78 is 0. The van der Waals surface area contributed by atoms with Crippen molar-refractivity contribution in [3.63, 3.8) is 0 Å². The number of aromatic hydroxyl groups is 1. The predicted molar refractivity (Wildman–Crippen MR) is 93.7 cm³/mol. The number of rotatable bonds is 3. The van der Waals surface area contributed by atoms with Crippen molar-refractivity contribution in [1.82, 2.24) is 9.97 Å². The van der Waals surface area contributed by atoms with Crippen LogP contribution in [0.2, 0.25) is 0 Å². The first-order valence-corrected chi connectivity index (χ1v) is 8.56. The van der Waals surface area contributed by atoms with Gasteiger partial charge in [0, 0.05) is 11.6 Å². The number of benzene rings is 1. The summed E-state index contributed by atoms with van der Waals surface area (Å²) in [6, 6.07) is 6.31. The van der Waals surface area contributed by atoms with Crippen LogP contribution in [0.15, 0.2) is 28.4 Å². The van der Waals surface area contributed by atoms with Gasteiger partial charge in [-0.15, -0.1) is 0 Å². The van der Waals surface area contributed by atoms with Gasteiger partial charge in [0.25, 0.3) is 0 Å².